The van der Waals surface area contributed by atoms with Crippen molar-refractivity contribution in [3.8, 4) is 5.75 Å². The summed E-state index contributed by atoms with van der Waals surface area (Å²) >= 11 is 20.2. The highest BCUT2D eigenvalue weighted by Crippen LogP contribution is 2.66. The Bertz CT molecular complexity index is 1430. The van der Waals surface area contributed by atoms with Crippen LogP contribution in [0.15, 0.2) is 60.2 Å². The molecule has 2 aromatic carbocycles. The number of phenols is 1. The van der Waals surface area contributed by atoms with E-state index in [1.54, 1.807) is 42.5 Å². The summed E-state index contributed by atoms with van der Waals surface area (Å²) in [5.74, 6) is -5.28. The molecule has 4 amide bonds. The quantitative estimate of drug-likeness (QED) is 0.337. The molecule has 6 rings (SSSR count). The van der Waals surface area contributed by atoms with Gasteiger partial charge >= 0.3 is 0 Å². The average molecular weight is 560 g/mol. The number of allylic oxidation sites excluding steroid dienone is 2. The van der Waals surface area contributed by atoms with Gasteiger partial charge in [-0.15, -0.1) is 23.2 Å². The summed E-state index contributed by atoms with van der Waals surface area (Å²) in [5.41, 5.74) is 1.37. The zero-order chi connectivity index (χ0) is 26.4. The molecule has 0 bridgehead atoms. The second-order valence-electron chi connectivity index (χ2n) is 10.0. The molecule has 2 saturated heterocycles. The number of imide groups is 2. The van der Waals surface area contributed by atoms with Crippen molar-refractivity contribution in [2.45, 2.75) is 28.5 Å². The van der Waals surface area contributed by atoms with Gasteiger partial charge in [0.25, 0.3) is 11.8 Å². The van der Waals surface area contributed by atoms with Gasteiger partial charge in [0.15, 0.2) is 9.75 Å². The lowest BCUT2D eigenvalue weighted by Gasteiger charge is -2.50. The van der Waals surface area contributed by atoms with Crippen molar-refractivity contribution in [3.05, 3.63) is 70.8 Å². The van der Waals surface area contributed by atoms with E-state index in [0.29, 0.717) is 21.8 Å². The van der Waals surface area contributed by atoms with Crippen molar-refractivity contribution in [2.75, 3.05) is 11.9 Å². The minimum absolute atomic E-state index is 0.0997. The molecule has 3 fully saturated rings. The predicted octanol–water partition coefficient (Wildman–Crippen LogP) is 4.24. The lowest BCUT2D eigenvalue weighted by Crippen LogP contribution is -2.60. The van der Waals surface area contributed by atoms with Gasteiger partial charge in [-0.2, -0.15) is 0 Å². The number of para-hydroxylation sites is 1. The molecule has 6 atom stereocenters. The molecule has 2 aromatic rings. The number of carbonyl (C=O) groups is 4. The fourth-order valence-corrected chi connectivity index (χ4v) is 7.80. The van der Waals surface area contributed by atoms with E-state index in [1.165, 1.54) is 13.1 Å². The Kier molecular flexibility index (Phi) is 5.33. The number of benzene rings is 2. The van der Waals surface area contributed by atoms with Crippen molar-refractivity contribution >= 4 is 64.1 Å². The van der Waals surface area contributed by atoms with Crippen molar-refractivity contribution in [3.63, 3.8) is 0 Å². The topological polar surface area (TPSA) is 95.0 Å². The zero-order valence-corrected chi connectivity index (χ0v) is 21.8. The van der Waals surface area contributed by atoms with Crippen molar-refractivity contribution in [1.29, 1.82) is 0 Å². The summed E-state index contributed by atoms with van der Waals surface area (Å²) in [6.07, 6.45) is 1.98. The SMILES string of the molecule is CN1C(=O)C2(Cl)CC3C(=CCC4C(=O)N(c5ccc(Cl)cc5)C(=O)C43)C(c3ccccc3O)C2(Cl)C1=O. The van der Waals surface area contributed by atoms with Crippen molar-refractivity contribution in [2.24, 2.45) is 17.8 Å². The number of hydrogen-bond donors (Lipinski definition) is 1. The Morgan fingerprint density at radius 3 is 2.27 bits per heavy atom. The number of amides is 4. The van der Waals surface area contributed by atoms with E-state index in [9.17, 15) is 24.3 Å². The van der Waals surface area contributed by atoms with Gasteiger partial charge < -0.3 is 5.11 Å². The molecule has 0 radical (unpaired) electrons. The van der Waals surface area contributed by atoms with Crippen LogP contribution >= 0.6 is 34.8 Å². The Hall–Kier alpha value is -2.87. The van der Waals surface area contributed by atoms with E-state index in [4.69, 9.17) is 34.8 Å². The third kappa shape index (κ3) is 3.02. The van der Waals surface area contributed by atoms with Crippen LogP contribution in [0.25, 0.3) is 0 Å². The molecule has 1 saturated carbocycles. The Morgan fingerprint density at radius 1 is 0.919 bits per heavy atom. The maximum Gasteiger partial charge on any atom is 0.253 e. The van der Waals surface area contributed by atoms with E-state index < -0.39 is 51.1 Å². The molecule has 2 heterocycles. The van der Waals surface area contributed by atoms with Gasteiger partial charge in [-0.25, -0.2) is 0 Å². The molecule has 6 unspecified atom stereocenters. The van der Waals surface area contributed by atoms with Crippen molar-refractivity contribution in [1.82, 2.24) is 4.90 Å². The lowest BCUT2D eigenvalue weighted by atomic mass is 9.56. The number of fused-ring (bicyclic) bond motifs is 4. The van der Waals surface area contributed by atoms with Crippen LogP contribution in [0.4, 0.5) is 5.69 Å². The van der Waals surface area contributed by atoms with E-state index in [-0.39, 0.29) is 24.5 Å². The monoisotopic (exact) mass is 558 g/mol. The van der Waals surface area contributed by atoms with Gasteiger partial charge in [0, 0.05) is 23.6 Å². The van der Waals surface area contributed by atoms with Gasteiger partial charge in [0.2, 0.25) is 11.8 Å². The number of likely N-dealkylation sites (tertiary alicyclic amines) is 1. The van der Waals surface area contributed by atoms with Crippen LogP contribution in [-0.4, -0.2) is 50.4 Å². The van der Waals surface area contributed by atoms with Crippen LogP contribution in [0.1, 0.15) is 24.3 Å². The predicted molar refractivity (Wildman–Crippen MR) is 138 cm³/mol. The molecule has 7 nitrogen and oxygen atoms in total. The van der Waals surface area contributed by atoms with E-state index in [0.717, 1.165) is 9.80 Å². The third-order valence-electron chi connectivity index (χ3n) is 8.35. The first-order valence-corrected chi connectivity index (χ1v) is 13.0. The van der Waals surface area contributed by atoms with Crippen LogP contribution in [-0.2, 0) is 19.2 Å². The average Bonchev–Trinajstić information content (AvgIpc) is 3.20. The number of carbonyl (C=O) groups excluding carboxylic acids is 4. The molecule has 2 aliphatic heterocycles. The fourth-order valence-electron chi connectivity index (χ4n) is 6.67. The summed E-state index contributed by atoms with van der Waals surface area (Å²) in [6.45, 7) is 0. The van der Waals surface area contributed by atoms with Crippen LogP contribution in [0.3, 0.4) is 0 Å². The second kappa shape index (κ2) is 8.06. The summed E-state index contributed by atoms with van der Waals surface area (Å²) in [7, 11) is 1.33. The van der Waals surface area contributed by atoms with Gasteiger partial charge in [0.05, 0.1) is 17.5 Å². The molecule has 0 spiro atoms. The first-order chi connectivity index (χ1) is 17.5. The molecular formula is C27H21Cl3N2O5. The van der Waals surface area contributed by atoms with Gasteiger partial charge in [-0.05, 0) is 49.1 Å². The van der Waals surface area contributed by atoms with Crippen LogP contribution in [0, 0.1) is 17.8 Å². The summed E-state index contributed by atoms with van der Waals surface area (Å²) in [4.78, 5) is 52.5. The van der Waals surface area contributed by atoms with Crippen molar-refractivity contribution < 1.29 is 24.3 Å². The molecule has 0 aromatic heterocycles. The summed E-state index contributed by atoms with van der Waals surface area (Å²) in [6, 6.07) is 12.9. The number of alkyl halides is 2. The standard InChI is InChI=1S/C27H21Cl3N2O5/c1-31-24(36)26(29)12-18-15(21(27(26,30)25(31)37)16-4-2-3-5-19(16)33)10-11-17-20(18)23(35)32(22(17)34)14-8-6-13(28)7-9-14/h2-10,17-18,20-21,33H,11-12H2,1H3. The molecular weight excluding hydrogens is 539 g/mol. The maximum absolute atomic E-state index is 13.8. The highest BCUT2D eigenvalue weighted by atomic mass is 35.5. The normalized spacial score (nSPS) is 34.9. The number of aromatic hydroxyl groups is 1. The van der Waals surface area contributed by atoms with E-state index >= 15 is 0 Å². The first kappa shape index (κ1) is 24.5. The minimum atomic E-state index is -1.92. The number of nitrogens with zero attached hydrogens (tertiary/aromatic N) is 2. The minimum Gasteiger partial charge on any atom is -0.508 e. The third-order valence-corrected chi connectivity index (χ3v) is 10.0. The summed E-state index contributed by atoms with van der Waals surface area (Å²) < 4.78 is 0. The highest BCUT2D eigenvalue weighted by Gasteiger charge is 2.76. The number of rotatable bonds is 2. The molecule has 190 valence electrons. The molecule has 4 aliphatic rings. The second-order valence-corrected chi connectivity index (χ2v) is 11.7. The summed E-state index contributed by atoms with van der Waals surface area (Å²) in [5, 5.41) is 11.3. The van der Waals surface area contributed by atoms with Crippen LogP contribution in [0.2, 0.25) is 5.02 Å². The Labute approximate surface area is 227 Å². The van der Waals surface area contributed by atoms with Crippen LogP contribution < -0.4 is 4.90 Å². The molecule has 2 aliphatic carbocycles. The Balaban J connectivity index is 1.52. The number of halogens is 3. The maximum atomic E-state index is 13.8. The number of hydrogen-bond acceptors (Lipinski definition) is 5. The van der Waals surface area contributed by atoms with Gasteiger partial charge in [-0.1, -0.05) is 41.4 Å². The molecule has 1 N–H and O–H groups in total. The van der Waals surface area contributed by atoms with Gasteiger partial charge in [0.1, 0.15) is 5.75 Å². The Morgan fingerprint density at radius 2 is 1.59 bits per heavy atom. The largest absolute Gasteiger partial charge is 0.508 e. The van der Waals surface area contributed by atoms with Gasteiger partial charge in [-0.3, -0.25) is 29.0 Å². The fraction of sp³-hybridized carbons (Fsp3) is 0.333. The highest BCUT2D eigenvalue weighted by molar-refractivity contribution is 6.53. The smallest absolute Gasteiger partial charge is 0.253 e. The zero-order valence-electron chi connectivity index (χ0n) is 19.5. The van der Waals surface area contributed by atoms with Crippen LogP contribution in [0.5, 0.6) is 5.75 Å². The van der Waals surface area contributed by atoms with E-state index in [1.807, 2.05) is 6.08 Å². The number of anilines is 1. The first-order valence-electron chi connectivity index (χ1n) is 11.8. The number of phenolic OH excluding ortho intramolecular Hbond substituents is 1. The molecule has 37 heavy (non-hydrogen) atoms. The molecule has 10 heteroatoms. The lowest BCUT2D eigenvalue weighted by molar-refractivity contribution is -0.138. The van der Waals surface area contributed by atoms with E-state index in [2.05, 4.69) is 0 Å².